The van der Waals surface area contributed by atoms with Crippen molar-refractivity contribution in [2.45, 2.75) is 207 Å². The predicted octanol–water partition coefficient (Wildman–Crippen LogP) is 4.28. The normalized spacial score (nSPS) is 36.8. The number of oxime groups is 1. The Balaban J connectivity index is 1.35. The number of hydrogen-bond donors (Lipinski definition) is 7. The summed E-state index contributed by atoms with van der Waals surface area (Å²) in [4.78, 5) is 41.1. The Morgan fingerprint density at radius 1 is 0.961 bits per heavy atom. The molecule has 2 aromatic rings. The highest BCUT2D eigenvalue weighted by Gasteiger charge is 2.57. The van der Waals surface area contributed by atoms with Crippen LogP contribution in [0.2, 0.25) is 0 Å². The smallest absolute Gasteiger partial charge is 0.341 e. The quantitative estimate of drug-likeness (QED) is 0.0382. The lowest BCUT2D eigenvalue weighted by molar-refractivity contribution is -0.323. The summed E-state index contributed by atoms with van der Waals surface area (Å²) in [6.07, 6.45) is -7.99. The number of aliphatic hydroxyl groups is 4. The van der Waals surface area contributed by atoms with Crippen molar-refractivity contribution in [2.24, 2.45) is 34.2 Å². The Morgan fingerprint density at radius 2 is 1.63 bits per heavy atom. The van der Waals surface area contributed by atoms with Crippen LogP contribution < -0.4 is 10.7 Å². The molecule has 4 heterocycles. The minimum atomic E-state index is -4.10. The molecule has 2 unspecified atom stereocenters. The van der Waals surface area contributed by atoms with Crippen molar-refractivity contribution in [3.63, 3.8) is 0 Å². The molecule has 22 heteroatoms. The SMILES string of the molecule is CC[C@H]1OC(=O)[C@H](C)[C@@H](O[C@H]2CC(C)[C@@H](OS(=O)(=O)CCNCCCc3ccc4c(c3)c(=O)c(C(=O)O)cn4CC)[C@H](C)O2)C(C)(C)C(O[C@@H]2O[C@H](C)C[C@H](N(C)C)[C@H]2O)[C@](C)(O)C[C@@H](C)/C(=N\O)[C@H](C)[C@@H](O)[C@]1(C)O. The van der Waals surface area contributed by atoms with Gasteiger partial charge in [0, 0.05) is 54.4 Å². The van der Waals surface area contributed by atoms with Gasteiger partial charge < -0.3 is 69.2 Å². The van der Waals surface area contributed by atoms with Crippen molar-refractivity contribution in [3.8, 4) is 0 Å². The zero-order chi connectivity index (χ0) is 57.0. The van der Waals surface area contributed by atoms with Gasteiger partial charge in [0.15, 0.2) is 12.6 Å². The largest absolute Gasteiger partial charge is 0.477 e. The second kappa shape index (κ2) is 25.6. The van der Waals surface area contributed by atoms with Gasteiger partial charge in [-0.2, -0.15) is 8.42 Å². The van der Waals surface area contributed by atoms with Crippen molar-refractivity contribution >= 4 is 38.7 Å². The van der Waals surface area contributed by atoms with Gasteiger partial charge in [0.2, 0.25) is 5.43 Å². The molecule has 3 aliphatic rings. The van der Waals surface area contributed by atoms with Gasteiger partial charge in [-0.3, -0.25) is 13.8 Å². The standard InChI is InChI=1S/C54H88N4O17S/c1-15-40-54(12,66)46(61)32(6)42(56-67)30(4)27-53(11,65)51(74-50-44(60)39(57(13)14)25-31(5)70-50)52(9,10)47(33(7)49(64)72-40)73-41-24-29(3)45(34(8)71-41)75-76(68,69)23-22-55-21-17-18-35-19-20-38-36(26-35)43(59)37(48(62)63)28-58(38)16-2/h19-20,26,28-34,39-41,44-47,50-51,55,60-61,65-67H,15-18,21-25,27H2,1-14H3,(H,62,63)/b56-42+/t29?,30-,31-,32+,33-,34+,39+,40-,41+,44-,45-,46-,47-,50+,51?,53-,54-/m1/s1. The summed E-state index contributed by atoms with van der Waals surface area (Å²) in [6.45, 7) is 21.1. The van der Waals surface area contributed by atoms with Gasteiger partial charge in [-0.05, 0) is 118 Å². The number of aromatic nitrogens is 1. The number of likely N-dealkylation sites (N-methyl/N-ethyl adjacent to an activating group) is 1. The van der Waals surface area contributed by atoms with Crippen molar-refractivity contribution in [1.82, 2.24) is 14.8 Å². The van der Waals surface area contributed by atoms with Crippen LogP contribution in [0.3, 0.4) is 0 Å². The van der Waals surface area contributed by atoms with Crippen molar-refractivity contribution < 1.29 is 76.6 Å². The van der Waals surface area contributed by atoms with Crippen LogP contribution in [0.1, 0.15) is 131 Å². The number of nitrogens with one attached hydrogen (secondary N) is 1. The van der Waals surface area contributed by atoms with Crippen LogP contribution in [0.25, 0.3) is 10.9 Å². The van der Waals surface area contributed by atoms with Gasteiger partial charge in [0.25, 0.3) is 10.1 Å². The Morgan fingerprint density at radius 3 is 2.22 bits per heavy atom. The summed E-state index contributed by atoms with van der Waals surface area (Å²) in [7, 11) is -0.436. The summed E-state index contributed by atoms with van der Waals surface area (Å²) in [5.74, 6) is -5.82. The maximum Gasteiger partial charge on any atom is 0.341 e. The van der Waals surface area contributed by atoms with E-state index in [4.69, 9.17) is 27.9 Å². The lowest BCUT2D eigenvalue weighted by atomic mass is 9.67. The molecule has 0 radical (unpaired) electrons. The van der Waals surface area contributed by atoms with E-state index >= 15 is 0 Å². The number of esters is 1. The number of cyclic esters (lactones) is 1. The molecule has 0 spiro atoms. The first-order chi connectivity index (χ1) is 35.3. The fourth-order valence-electron chi connectivity index (χ4n) is 12.0. The fraction of sp³-hybridized carbons (Fsp3) is 0.778. The Bertz CT molecular complexity index is 2490. The van der Waals surface area contributed by atoms with E-state index in [9.17, 15) is 53.5 Å². The summed E-state index contributed by atoms with van der Waals surface area (Å²) in [6, 6.07) is 5.01. The number of carboxylic acid groups (broad SMARTS) is 1. The summed E-state index contributed by atoms with van der Waals surface area (Å²) in [5, 5.41) is 75.2. The number of aliphatic hydroxyl groups excluding tert-OH is 2. The lowest BCUT2D eigenvalue weighted by Crippen LogP contribution is -2.63. The first-order valence-electron chi connectivity index (χ1n) is 26.9. The zero-order valence-corrected chi connectivity index (χ0v) is 47.8. The molecule has 3 aliphatic heterocycles. The van der Waals surface area contributed by atoms with E-state index in [-0.39, 0.29) is 55.0 Å². The van der Waals surface area contributed by atoms with Gasteiger partial charge in [0.05, 0.1) is 59.0 Å². The number of ether oxygens (including phenoxy) is 5. The van der Waals surface area contributed by atoms with Crippen LogP contribution >= 0.6 is 0 Å². The van der Waals surface area contributed by atoms with Crippen LogP contribution in [-0.2, 0) is 55.7 Å². The highest BCUT2D eigenvalue weighted by atomic mass is 32.2. The maximum absolute atomic E-state index is 14.6. The molecule has 76 heavy (non-hydrogen) atoms. The summed E-state index contributed by atoms with van der Waals surface area (Å²) < 4.78 is 66.9. The number of carboxylic acids is 1. The molecule has 7 N–H and O–H groups in total. The number of nitrogens with zero attached hydrogens (tertiary/aromatic N) is 3. The van der Waals surface area contributed by atoms with Crippen LogP contribution in [0.15, 0.2) is 34.3 Å². The van der Waals surface area contributed by atoms with Gasteiger partial charge in [-0.15, -0.1) is 0 Å². The van der Waals surface area contributed by atoms with E-state index in [1.165, 1.54) is 20.0 Å². The third kappa shape index (κ3) is 14.4. The number of hydrogen-bond acceptors (Lipinski definition) is 19. The van der Waals surface area contributed by atoms with Crippen molar-refractivity contribution in [3.05, 3.63) is 45.7 Å². The average Bonchev–Trinajstić information content (AvgIpc) is 3.33. The molecular weight excluding hydrogens is 1010 g/mol. The van der Waals surface area contributed by atoms with Crippen molar-refractivity contribution in [2.75, 3.05) is 32.9 Å². The molecular formula is C54H88N4O17S. The molecule has 21 nitrogen and oxygen atoms in total. The predicted molar refractivity (Wildman–Crippen MR) is 284 cm³/mol. The number of fused-ring (bicyclic) bond motifs is 1. The molecule has 3 saturated heterocycles. The zero-order valence-electron chi connectivity index (χ0n) is 47.0. The molecule has 432 valence electrons. The maximum atomic E-state index is 14.6. The number of rotatable bonds is 17. The molecule has 3 fully saturated rings. The van der Waals surface area contributed by atoms with Crippen LogP contribution in [0.5, 0.6) is 0 Å². The average molecular weight is 1100 g/mol. The van der Waals surface area contributed by atoms with E-state index in [2.05, 4.69) is 10.5 Å². The third-order valence-corrected chi connectivity index (χ3v) is 17.3. The van der Waals surface area contributed by atoms with Gasteiger partial charge in [-0.25, -0.2) is 4.79 Å². The summed E-state index contributed by atoms with van der Waals surface area (Å²) in [5.41, 5.74) is -4.63. The summed E-state index contributed by atoms with van der Waals surface area (Å²) >= 11 is 0. The first-order valence-corrected chi connectivity index (χ1v) is 28.4. The Hall–Kier alpha value is -3.65. The Labute approximate surface area is 448 Å². The number of carbonyl (C=O) groups excluding carboxylic acids is 1. The number of benzene rings is 1. The molecule has 0 bridgehead atoms. The van der Waals surface area contributed by atoms with E-state index in [1.54, 1.807) is 72.1 Å². The van der Waals surface area contributed by atoms with Crippen LogP contribution in [0, 0.1) is 29.1 Å². The van der Waals surface area contributed by atoms with E-state index in [0.717, 1.165) is 5.56 Å². The van der Waals surface area contributed by atoms with Crippen LogP contribution in [0.4, 0.5) is 0 Å². The molecule has 0 amide bonds. The topological polar surface area (TPSA) is 295 Å². The first kappa shape index (κ1) is 63.2. The fourth-order valence-corrected chi connectivity index (χ4v) is 13.2. The van der Waals surface area contributed by atoms with E-state index in [0.29, 0.717) is 43.3 Å². The van der Waals surface area contributed by atoms with Gasteiger partial charge >= 0.3 is 11.9 Å². The van der Waals surface area contributed by atoms with Gasteiger partial charge in [0.1, 0.15) is 29.5 Å². The van der Waals surface area contributed by atoms with Gasteiger partial charge in [-0.1, -0.05) is 52.8 Å². The monoisotopic (exact) mass is 1100 g/mol. The van der Waals surface area contributed by atoms with E-state index < -0.39 is 123 Å². The van der Waals surface area contributed by atoms with Crippen LogP contribution in [-0.4, -0.2) is 178 Å². The molecule has 0 saturated carbocycles. The minimum absolute atomic E-state index is 0.0631. The van der Waals surface area contributed by atoms with Crippen molar-refractivity contribution in [1.29, 1.82) is 0 Å². The molecule has 1 aromatic carbocycles. The second-order valence-electron chi connectivity index (χ2n) is 23.0. The molecule has 1 aromatic heterocycles. The Kier molecular flexibility index (Phi) is 21.3. The highest BCUT2D eigenvalue weighted by Crippen LogP contribution is 2.46. The molecule has 0 aliphatic carbocycles. The highest BCUT2D eigenvalue weighted by molar-refractivity contribution is 7.86. The number of carbonyl (C=O) groups is 2. The number of aryl methyl sites for hydroxylation is 2. The second-order valence-corrected chi connectivity index (χ2v) is 24.7. The number of pyridine rings is 1. The van der Waals surface area contributed by atoms with E-state index in [1.807, 2.05) is 38.9 Å². The molecule has 17 atom stereocenters. The molecule has 5 rings (SSSR count). The minimum Gasteiger partial charge on any atom is -0.477 e. The number of aromatic carboxylic acids is 1. The third-order valence-electron chi connectivity index (χ3n) is 16.1. The lowest BCUT2D eigenvalue weighted by Gasteiger charge is -2.52.